The van der Waals surface area contributed by atoms with Crippen LogP contribution in [-0.2, 0) is 6.54 Å². The highest BCUT2D eigenvalue weighted by molar-refractivity contribution is 7.99. The van der Waals surface area contributed by atoms with Crippen molar-refractivity contribution in [3.63, 3.8) is 0 Å². The van der Waals surface area contributed by atoms with E-state index in [9.17, 15) is 0 Å². The molecule has 0 amide bonds. The van der Waals surface area contributed by atoms with E-state index in [4.69, 9.17) is 0 Å². The first-order valence-electron chi connectivity index (χ1n) is 6.38. The van der Waals surface area contributed by atoms with Crippen LogP contribution in [0.5, 0.6) is 0 Å². The third-order valence-electron chi connectivity index (χ3n) is 2.76. The van der Waals surface area contributed by atoms with Gasteiger partial charge in [0.15, 0.2) is 0 Å². The molecule has 5 nitrogen and oxygen atoms in total. The molecule has 0 saturated heterocycles. The quantitative estimate of drug-likeness (QED) is 0.715. The summed E-state index contributed by atoms with van der Waals surface area (Å²) in [5.74, 6) is 1.83. The third-order valence-corrected chi connectivity index (χ3v) is 3.75. The summed E-state index contributed by atoms with van der Waals surface area (Å²) < 4.78 is 1.90. The van der Waals surface area contributed by atoms with Gasteiger partial charge in [0.2, 0.25) is 5.16 Å². The summed E-state index contributed by atoms with van der Waals surface area (Å²) in [5, 5.41) is 16.3. The first-order valence-corrected chi connectivity index (χ1v) is 7.36. The minimum Gasteiger partial charge on any atom is -0.312 e. The number of nitrogens with zero attached hydrogens (tertiary/aromatic N) is 4. The maximum atomic E-state index is 4.06. The van der Waals surface area contributed by atoms with Gasteiger partial charge in [-0.05, 0) is 35.6 Å². The van der Waals surface area contributed by atoms with Crippen LogP contribution < -0.4 is 5.32 Å². The number of tetrazole rings is 1. The Balaban J connectivity index is 1.70. The Morgan fingerprint density at radius 1 is 1.47 bits per heavy atom. The maximum Gasteiger partial charge on any atom is 0.209 e. The van der Waals surface area contributed by atoms with Gasteiger partial charge in [-0.25, -0.2) is 4.68 Å². The van der Waals surface area contributed by atoms with Crippen LogP contribution in [0.4, 0.5) is 0 Å². The second-order valence-electron chi connectivity index (χ2n) is 4.94. The molecule has 1 saturated carbocycles. The molecule has 6 heteroatoms. The molecule has 96 valence electrons. The van der Waals surface area contributed by atoms with Crippen LogP contribution in [0.25, 0.3) is 0 Å². The zero-order valence-electron chi connectivity index (χ0n) is 10.6. The highest BCUT2D eigenvalue weighted by Crippen LogP contribution is 2.19. The summed E-state index contributed by atoms with van der Waals surface area (Å²) in [4.78, 5) is 0. The van der Waals surface area contributed by atoms with Gasteiger partial charge in [-0.2, -0.15) is 0 Å². The molecule has 1 aromatic rings. The lowest BCUT2D eigenvalue weighted by Crippen LogP contribution is -2.22. The van der Waals surface area contributed by atoms with E-state index in [0.29, 0.717) is 0 Å². The van der Waals surface area contributed by atoms with Gasteiger partial charge in [-0.1, -0.05) is 25.6 Å². The predicted octanol–water partition coefficient (Wildman–Crippen LogP) is 1.56. The molecular weight excluding hydrogens is 234 g/mol. The topological polar surface area (TPSA) is 55.6 Å². The van der Waals surface area contributed by atoms with Crippen LogP contribution in [0.3, 0.4) is 0 Å². The third kappa shape index (κ3) is 4.63. The molecule has 1 aliphatic rings. The Hall–Kier alpha value is -0.620. The van der Waals surface area contributed by atoms with E-state index < -0.39 is 0 Å². The number of nitrogens with one attached hydrogen (secondary N) is 1. The lowest BCUT2D eigenvalue weighted by atomic mass is 10.2. The first-order chi connectivity index (χ1) is 8.25. The Kier molecular flexibility index (Phi) is 4.79. The molecule has 0 bridgehead atoms. The van der Waals surface area contributed by atoms with E-state index in [1.807, 2.05) is 4.68 Å². The Morgan fingerprint density at radius 3 is 3.00 bits per heavy atom. The second kappa shape index (κ2) is 6.35. The van der Waals surface area contributed by atoms with Crippen molar-refractivity contribution in [3.8, 4) is 0 Å². The molecule has 0 unspecified atom stereocenters. The second-order valence-corrected chi connectivity index (χ2v) is 6.01. The predicted molar refractivity (Wildman–Crippen MR) is 69.0 cm³/mol. The zero-order valence-corrected chi connectivity index (χ0v) is 11.4. The SMILES string of the molecule is CC(C)CCSc1nnnn1CCNC1CC1. The van der Waals surface area contributed by atoms with E-state index in [-0.39, 0.29) is 0 Å². The lowest BCUT2D eigenvalue weighted by molar-refractivity contribution is 0.509. The van der Waals surface area contributed by atoms with Gasteiger partial charge in [0, 0.05) is 18.3 Å². The van der Waals surface area contributed by atoms with Crippen molar-refractivity contribution < 1.29 is 0 Å². The molecule has 1 aliphatic carbocycles. The Bertz CT molecular complexity index is 312. The molecule has 0 aromatic carbocycles. The number of hydrogen-bond acceptors (Lipinski definition) is 5. The van der Waals surface area contributed by atoms with E-state index in [2.05, 4.69) is 34.7 Å². The minimum absolute atomic E-state index is 0.739. The van der Waals surface area contributed by atoms with Crippen LogP contribution >= 0.6 is 11.8 Å². The number of aromatic nitrogens is 4. The summed E-state index contributed by atoms with van der Waals surface area (Å²) in [6.45, 7) is 6.31. The van der Waals surface area contributed by atoms with Crippen molar-refractivity contribution in [2.45, 2.75) is 50.9 Å². The van der Waals surface area contributed by atoms with Crippen LogP contribution in [0.1, 0.15) is 33.1 Å². The van der Waals surface area contributed by atoms with Gasteiger partial charge >= 0.3 is 0 Å². The normalized spacial score (nSPS) is 15.7. The zero-order chi connectivity index (χ0) is 12.1. The first kappa shape index (κ1) is 12.8. The molecule has 2 rings (SSSR count). The highest BCUT2D eigenvalue weighted by Gasteiger charge is 2.19. The Labute approximate surface area is 107 Å². The molecule has 0 atom stereocenters. The fourth-order valence-electron chi connectivity index (χ4n) is 1.49. The average Bonchev–Trinajstić information content (AvgIpc) is 2.99. The van der Waals surface area contributed by atoms with E-state index in [1.54, 1.807) is 11.8 Å². The van der Waals surface area contributed by atoms with E-state index in [1.165, 1.54) is 19.3 Å². The highest BCUT2D eigenvalue weighted by atomic mass is 32.2. The molecule has 0 aliphatic heterocycles. The molecule has 1 fully saturated rings. The standard InChI is InChI=1S/C11H21N5S/c1-9(2)5-8-17-11-13-14-15-16(11)7-6-12-10-3-4-10/h9-10,12H,3-8H2,1-2H3. The molecule has 1 aromatic heterocycles. The Morgan fingerprint density at radius 2 is 2.29 bits per heavy atom. The fraction of sp³-hybridized carbons (Fsp3) is 0.909. The van der Waals surface area contributed by atoms with Gasteiger partial charge in [-0.3, -0.25) is 0 Å². The summed E-state index contributed by atoms with van der Waals surface area (Å²) in [6, 6.07) is 0.753. The van der Waals surface area contributed by atoms with Crippen LogP contribution in [0.2, 0.25) is 0 Å². The summed E-state index contributed by atoms with van der Waals surface area (Å²) >= 11 is 1.76. The van der Waals surface area contributed by atoms with Crippen molar-refractivity contribution in [1.82, 2.24) is 25.5 Å². The molecule has 0 radical (unpaired) electrons. The summed E-state index contributed by atoms with van der Waals surface area (Å²) in [6.07, 6.45) is 3.86. The molecule has 1 N–H and O–H groups in total. The van der Waals surface area contributed by atoms with Crippen molar-refractivity contribution >= 4 is 11.8 Å². The largest absolute Gasteiger partial charge is 0.312 e. The van der Waals surface area contributed by atoms with Crippen molar-refractivity contribution in [3.05, 3.63) is 0 Å². The average molecular weight is 255 g/mol. The van der Waals surface area contributed by atoms with Gasteiger partial charge in [-0.15, -0.1) is 5.10 Å². The maximum absolute atomic E-state index is 4.06. The molecule has 17 heavy (non-hydrogen) atoms. The van der Waals surface area contributed by atoms with E-state index >= 15 is 0 Å². The number of rotatable bonds is 8. The van der Waals surface area contributed by atoms with Crippen molar-refractivity contribution in [1.29, 1.82) is 0 Å². The van der Waals surface area contributed by atoms with Gasteiger partial charge in [0.05, 0.1) is 6.54 Å². The van der Waals surface area contributed by atoms with Crippen molar-refractivity contribution in [2.24, 2.45) is 5.92 Å². The molecular formula is C11H21N5S. The van der Waals surface area contributed by atoms with Gasteiger partial charge in [0.25, 0.3) is 0 Å². The van der Waals surface area contributed by atoms with E-state index in [0.717, 1.165) is 36.0 Å². The van der Waals surface area contributed by atoms with Gasteiger partial charge < -0.3 is 5.32 Å². The lowest BCUT2D eigenvalue weighted by Gasteiger charge is -2.06. The van der Waals surface area contributed by atoms with Crippen LogP contribution in [-0.4, -0.2) is 38.5 Å². The number of hydrogen-bond donors (Lipinski definition) is 1. The monoisotopic (exact) mass is 255 g/mol. The summed E-state index contributed by atoms with van der Waals surface area (Å²) in [5.41, 5.74) is 0. The van der Waals surface area contributed by atoms with Crippen LogP contribution in [0.15, 0.2) is 5.16 Å². The molecule has 0 spiro atoms. The van der Waals surface area contributed by atoms with Gasteiger partial charge in [0.1, 0.15) is 0 Å². The van der Waals surface area contributed by atoms with Crippen LogP contribution in [0, 0.1) is 5.92 Å². The fourth-order valence-corrected chi connectivity index (χ4v) is 2.63. The molecule has 1 heterocycles. The minimum atomic E-state index is 0.739. The smallest absolute Gasteiger partial charge is 0.209 e. The number of thioether (sulfide) groups is 1. The summed E-state index contributed by atoms with van der Waals surface area (Å²) in [7, 11) is 0. The van der Waals surface area contributed by atoms with Crippen molar-refractivity contribution in [2.75, 3.05) is 12.3 Å².